The molecule has 5 aromatic rings. The number of aromatic nitrogens is 4. The second-order valence-electron chi connectivity index (χ2n) is 13.7. The number of methoxy groups -OCH3 is 1. The summed E-state index contributed by atoms with van der Waals surface area (Å²) < 4.78 is 8.60. The summed E-state index contributed by atoms with van der Waals surface area (Å²) in [4.78, 5) is 37.6. The predicted molar refractivity (Wildman–Crippen MR) is 197 cm³/mol. The van der Waals surface area contributed by atoms with Crippen molar-refractivity contribution in [3.8, 4) is 11.1 Å². The standard InChI is InChI=1S/C39H44N6O4S/c1-26-30(23-40-45(26)25-39(20-22-49-2)18-8-4-3-5-9-19-39)28-15-16-34(42-35(28)37(47)48)44-21-17-27-11-10-12-29(31(27)24-44)36(46)43-38-41-32-13-6-7-14-33(32)50-38/h6-7,10-16,23H,3-5,8-9,17-22,24-25H2,1-2H3,(H,47,48)(H,41,43,46). The van der Waals surface area contributed by atoms with Gasteiger partial charge in [-0.25, -0.2) is 14.8 Å². The van der Waals surface area contributed by atoms with E-state index in [1.807, 2.05) is 55.5 Å². The molecule has 260 valence electrons. The van der Waals surface area contributed by atoms with Crippen LogP contribution < -0.4 is 10.2 Å². The van der Waals surface area contributed by atoms with Gasteiger partial charge in [-0.2, -0.15) is 5.10 Å². The monoisotopic (exact) mass is 692 g/mol. The van der Waals surface area contributed by atoms with Gasteiger partial charge in [0.25, 0.3) is 5.91 Å². The van der Waals surface area contributed by atoms with Crippen LogP contribution in [0, 0.1) is 12.3 Å². The van der Waals surface area contributed by atoms with Crippen molar-refractivity contribution in [3.05, 3.63) is 88.9 Å². The van der Waals surface area contributed by atoms with Gasteiger partial charge < -0.3 is 14.7 Å². The fourth-order valence-corrected chi connectivity index (χ4v) is 8.59. The first kappa shape index (κ1) is 33.9. The van der Waals surface area contributed by atoms with Crippen molar-refractivity contribution in [2.24, 2.45) is 5.41 Å². The van der Waals surface area contributed by atoms with Crippen LogP contribution in [0.5, 0.6) is 0 Å². The normalized spacial score (nSPS) is 16.1. The Balaban J connectivity index is 1.13. The number of carboxylic acids is 1. The minimum absolute atomic E-state index is 0.00198. The maximum absolute atomic E-state index is 13.5. The molecule has 10 nitrogen and oxygen atoms in total. The molecule has 0 atom stereocenters. The van der Waals surface area contributed by atoms with Crippen LogP contribution in [0.4, 0.5) is 10.9 Å². The number of ether oxygens (including phenoxy) is 1. The number of carbonyl (C=O) groups excluding carboxylic acids is 1. The molecule has 0 unspecified atom stereocenters. The van der Waals surface area contributed by atoms with Gasteiger partial charge in [0.15, 0.2) is 10.8 Å². The van der Waals surface area contributed by atoms with Crippen LogP contribution in [0.1, 0.15) is 89.0 Å². The molecule has 1 fully saturated rings. The molecule has 2 N–H and O–H groups in total. The average Bonchev–Trinajstić information content (AvgIpc) is 3.69. The number of nitrogens with zero attached hydrogens (tertiary/aromatic N) is 5. The van der Waals surface area contributed by atoms with E-state index in [0.29, 0.717) is 41.6 Å². The Hall–Kier alpha value is -4.61. The van der Waals surface area contributed by atoms with Crippen LogP contribution in [0.2, 0.25) is 0 Å². The Morgan fingerprint density at radius 2 is 1.78 bits per heavy atom. The minimum Gasteiger partial charge on any atom is -0.476 e. The summed E-state index contributed by atoms with van der Waals surface area (Å²) in [5, 5.41) is 18.7. The van der Waals surface area contributed by atoms with Crippen LogP contribution in [0.3, 0.4) is 0 Å². The number of hydrogen-bond acceptors (Lipinski definition) is 8. The minimum atomic E-state index is -1.08. The fraction of sp³-hybridized carbons (Fsp3) is 0.410. The molecule has 0 bridgehead atoms. The molecule has 1 amide bonds. The van der Waals surface area contributed by atoms with E-state index in [2.05, 4.69) is 25.9 Å². The van der Waals surface area contributed by atoms with E-state index < -0.39 is 5.97 Å². The van der Waals surface area contributed by atoms with Crippen LogP contribution in [0.25, 0.3) is 21.3 Å². The number of fused-ring (bicyclic) bond motifs is 2. The highest BCUT2D eigenvalue weighted by atomic mass is 32.1. The smallest absolute Gasteiger partial charge is 0.355 e. The van der Waals surface area contributed by atoms with E-state index in [-0.39, 0.29) is 17.0 Å². The Kier molecular flexibility index (Phi) is 9.96. The van der Waals surface area contributed by atoms with E-state index in [1.165, 1.54) is 43.4 Å². The van der Waals surface area contributed by atoms with Gasteiger partial charge in [-0.1, -0.05) is 67.7 Å². The molecule has 1 aliphatic carbocycles. The maximum Gasteiger partial charge on any atom is 0.355 e. The molecular weight excluding hydrogens is 649 g/mol. The number of thiazole rings is 1. The van der Waals surface area contributed by atoms with E-state index >= 15 is 0 Å². The number of carboxylic acid groups (broad SMARTS) is 1. The molecule has 1 saturated carbocycles. The van der Waals surface area contributed by atoms with Crippen molar-refractivity contribution in [1.82, 2.24) is 19.7 Å². The molecule has 4 heterocycles. The molecule has 0 saturated heterocycles. The largest absolute Gasteiger partial charge is 0.476 e. The molecule has 3 aromatic heterocycles. The number of hydrogen-bond donors (Lipinski definition) is 2. The summed E-state index contributed by atoms with van der Waals surface area (Å²) in [6.45, 7) is 4.63. The van der Waals surface area contributed by atoms with Gasteiger partial charge in [-0.3, -0.25) is 14.8 Å². The molecule has 50 heavy (non-hydrogen) atoms. The zero-order valence-electron chi connectivity index (χ0n) is 28.8. The molecule has 0 spiro atoms. The lowest BCUT2D eigenvalue weighted by molar-refractivity contribution is 0.0691. The van der Waals surface area contributed by atoms with Gasteiger partial charge in [0.1, 0.15) is 5.82 Å². The highest BCUT2D eigenvalue weighted by molar-refractivity contribution is 7.22. The molecule has 2 aliphatic rings. The Morgan fingerprint density at radius 1 is 0.980 bits per heavy atom. The summed E-state index contributed by atoms with van der Waals surface area (Å²) in [5.74, 6) is -0.733. The van der Waals surface area contributed by atoms with Gasteiger partial charge in [-0.15, -0.1) is 0 Å². The first-order chi connectivity index (χ1) is 24.3. The van der Waals surface area contributed by atoms with E-state index in [4.69, 9.17) is 14.8 Å². The summed E-state index contributed by atoms with van der Waals surface area (Å²) >= 11 is 1.44. The van der Waals surface area contributed by atoms with Gasteiger partial charge in [0, 0.05) is 55.7 Å². The molecule has 2 aromatic carbocycles. The predicted octanol–water partition coefficient (Wildman–Crippen LogP) is 8.14. The maximum atomic E-state index is 13.5. The topological polar surface area (TPSA) is 122 Å². The lowest BCUT2D eigenvalue weighted by Crippen LogP contribution is -2.33. The van der Waals surface area contributed by atoms with Crippen molar-refractivity contribution in [3.63, 3.8) is 0 Å². The number of aromatic carboxylic acids is 1. The second-order valence-corrected chi connectivity index (χ2v) is 14.8. The van der Waals surface area contributed by atoms with Crippen molar-refractivity contribution in [1.29, 1.82) is 0 Å². The van der Waals surface area contributed by atoms with Gasteiger partial charge in [0.2, 0.25) is 0 Å². The molecule has 1 aliphatic heterocycles. The summed E-state index contributed by atoms with van der Waals surface area (Å²) in [7, 11) is 1.77. The molecular formula is C39H44N6O4S. The lowest BCUT2D eigenvalue weighted by Gasteiger charge is -2.36. The molecule has 7 rings (SSSR count). The van der Waals surface area contributed by atoms with Crippen LogP contribution >= 0.6 is 11.3 Å². The number of nitrogens with one attached hydrogen (secondary N) is 1. The molecule has 0 radical (unpaired) electrons. The number of amides is 1. The van der Waals surface area contributed by atoms with Gasteiger partial charge >= 0.3 is 5.97 Å². The average molecular weight is 693 g/mol. The van der Waals surface area contributed by atoms with Crippen LogP contribution in [-0.4, -0.2) is 57.0 Å². The van der Waals surface area contributed by atoms with Gasteiger partial charge in [-0.05, 0) is 79.5 Å². The third-order valence-corrected chi connectivity index (χ3v) is 11.5. The first-order valence-electron chi connectivity index (χ1n) is 17.6. The van der Waals surface area contributed by atoms with E-state index in [9.17, 15) is 14.7 Å². The number of anilines is 2. The SMILES string of the molecule is COCCC1(Cn2ncc(-c3ccc(N4CCc5cccc(C(=O)Nc6nc7ccccc7s6)c5C4)nc3C(=O)O)c2C)CCCCCCC1. The number of pyridine rings is 1. The summed E-state index contributed by atoms with van der Waals surface area (Å²) in [6.07, 6.45) is 12.0. The molecule has 11 heteroatoms. The second kappa shape index (κ2) is 14.7. The number of benzene rings is 2. The zero-order valence-corrected chi connectivity index (χ0v) is 29.6. The summed E-state index contributed by atoms with van der Waals surface area (Å²) in [6, 6.07) is 17.4. The Labute approximate surface area is 296 Å². The van der Waals surface area contributed by atoms with Crippen molar-refractivity contribution >= 4 is 44.4 Å². The Bertz CT molecular complexity index is 1970. The Morgan fingerprint density at radius 3 is 2.56 bits per heavy atom. The quantitative estimate of drug-likeness (QED) is 0.150. The highest BCUT2D eigenvalue weighted by Crippen LogP contribution is 2.40. The van der Waals surface area contributed by atoms with Crippen molar-refractivity contribution < 1.29 is 19.4 Å². The van der Waals surface area contributed by atoms with E-state index in [0.717, 1.165) is 65.0 Å². The number of carbonyl (C=O) groups is 2. The number of para-hydroxylation sites is 1. The van der Waals surface area contributed by atoms with Crippen molar-refractivity contribution in [2.45, 2.75) is 77.8 Å². The summed E-state index contributed by atoms with van der Waals surface area (Å²) in [5.41, 5.74) is 5.83. The first-order valence-corrected chi connectivity index (χ1v) is 18.4. The van der Waals surface area contributed by atoms with Gasteiger partial charge in [0.05, 0.1) is 16.4 Å². The third-order valence-electron chi connectivity index (χ3n) is 10.6. The van der Waals surface area contributed by atoms with Crippen LogP contribution in [0.15, 0.2) is 60.8 Å². The highest BCUT2D eigenvalue weighted by Gasteiger charge is 2.32. The lowest BCUT2D eigenvalue weighted by atomic mass is 9.74. The van der Waals surface area contributed by atoms with Crippen LogP contribution in [-0.2, 0) is 24.2 Å². The fourth-order valence-electron chi connectivity index (χ4n) is 7.73. The third kappa shape index (κ3) is 7.02. The van der Waals surface area contributed by atoms with E-state index in [1.54, 1.807) is 13.3 Å². The number of rotatable bonds is 10. The zero-order chi connectivity index (χ0) is 34.7. The van der Waals surface area contributed by atoms with Crippen molar-refractivity contribution in [2.75, 3.05) is 30.5 Å².